The molecule has 19 heavy (non-hydrogen) atoms. The molecule has 1 rings (SSSR count). The van der Waals surface area contributed by atoms with E-state index in [2.05, 4.69) is 11.9 Å². The first kappa shape index (κ1) is 20.4. The number of allylic oxidation sites excluding steroid dienone is 2. The molecule has 0 aliphatic carbocycles. The number of hydrogen-bond donors (Lipinski definition) is 1. The van der Waals surface area contributed by atoms with Crippen LogP contribution in [0.2, 0.25) is 0 Å². The van der Waals surface area contributed by atoms with Crippen LogP contribution in [-0.2, 0) is 9.84 Å². The van der Waals surface area contributed by atoms with Gasteiger partial charge in [0.2, 0.25) is 0 Å². The van der Waals surface area contributed by atoms with E-state index in [1.807, 2.05) is 46.8 Å². The molecule has 4 heteroatoms. The Kier molecular flexibility index (Phi) is 11.8. The minimum atomic E-state index is -3.13. The van der Waals surface area contributed by atoms with Crippen LogP contribution >= 0.6 is 0 Å². The molecule has 0 spiro atoms. The van der Waals surface area contributed by atoms with Crippen molar-refractivity contribution in [1.82, 2.24) is 5.32 Å². The molecule has 0 radical (unpaired) electrons. The maximum Gasteiger partial charge on any atom is 0.180 e. The zero-order valence-corrected chi connectivity index (χ0v) is 14.0. The van der Waals surface area contributed by atoms with Gasteiger partial charge in [-0.15, -0.1) is 0 Å². The second kappa shape index (κ2) is 11.0. The van der Waals surface area contributed by atoms with E-state index >= 15 is 0 Å². The number of sulfone groups is 1. The summed E-state index contributed by atoms with van der Waals surface area (Å²) in [5, 5.41) is 3.01. The van der Waals surface area contributed by atoms with E-state index < -0.39 is 9.84 Å². The molecule has 0 fully saturated rings. The fraction of sp³-hybridized carbons (Fsp3) is 0.600. The Labute approximate surface area is 119 Å². The van der Waals surface area contributed by atoms with Crippen molar-refractivity contribution in [2.75, 3.05) is 12.8 Å². The van der Waals surface area contributed by atoms with E-state index in [0.717, 1.165) is 12.0 Å². The van der Waals surface area contributed by atoms with Gasteiger partial charge in [0.1, 0.15) is 0 Å². The van der Waals surface area contributed by atoms with Crippen LogP contribution in [0.15, 0.2) is 35.3 Å². The van der Waals surface area contributed by atoms with Crippen molar-refractivity contribution in [3.8, 4) is 0 Å². The van der Waals surface area contributed by atoms with Gasteiger partial charge in [0.05, 0.1) is 10.7 Å². The van der Waals surface area contributed by atoms with Crippen LogP contribution in [0, 0.1) is 0 Å². The summed E-state index contributed by atoms with van der Waals surface area (Å²) < 4.78 is 23.5. The average Bonchev–Trinajstić information content (AvgIpc) is 2.70. The molecule has 0 amide bonds. The molecule has 1 aliphatic rings. The lowest BCUT2D eigenvalue weighted by Gasteiger charge is -2.08. The van der Waals surface area contributed by atoms with Gasteiger partial charge in [-0.05, 0) is 19.0 Å². The highest BCUT2D eigenvalue weighted by Gasteiger charge is 2.33. The summed E-state index contributed by atoms with van der Waals surface area (Å²) in [6.07, 6.45) is 6.17. The highest BCUT2D eigenvalue weighted by Crippen LogP contribution is 2.27. The fourth-order valence-corrected chi connectivity index (χ4v) is 3.46. The molecule has 0 aromatic rings. The van der Waals surface area contributed by atoms with Gasteiger partial charge in [0, 0.05) is 6.04 Å². The van der Waals surface area contributed by atoms with E-state index in [4.69, 9.17) is 0 Å². The Morgan fingerprint density at radius 2 is 1.84 bits per heavy atom. The number of rotatable bonds is 4. The van der Waals surface area contributed by atoms with Crippen LogP contribution < -0.4 is 5.32 Å². The molecule has 3 nitrogen and oxygen atoms in total. The van der Waals surface area contributed by atoms with Gasteiger partial charge < -0.3 is 5.32 Å². The zero-order valence-electron chi connectivity index (χ0n) is 13.2. The molecule has 0 saturated carbocycles. The molecule has 0 aromatic carbocycles. The summed E-state index contributed by atoms with van der Waals surface area (Å²) in [4.78, 5) is 0.367. The topological polar surface area (TPSA) is 46.2 Å². The minimum Gasteiger partial charge on any atom is -0.312 e. The number of hydrogen-bond acceptors (Lipinski definition) is 3. The molecular formula is C15H29NO2S. The van der Waals surface area contributed by atoms with Gasteiger partial charge in [-0.1, -0.05) is 59.4 Å². The van der Waals surface area contributed by atoms with E-state index in [9.17, 15) is 8.42 Å². The van der Waals surface area contributed by atoms with Crippen molar-refractivity contribution in [3.63, 3.8) is 0 Å². The Bertz CT molecular complexity index is 406. The van der Waals surface area contributed by atoms with Crippen molar-refractivity contribution < 1.29 is 8.42 Å². The van der Waals surface area contributed by atoms with Crippen molar-refractivity contribution in [2.45, 2.75) is 47.1 Å². The van der Waals surface area contributed by atoms with Gasteiger partial charge in [0.15, 0.2) is 9.84 Å². The van der Waals surface area contributed by atoms with Gasteiger partial charge in [-0.25, -0.2) is 8.42 Å². The molecule has 0 saturated heterocycles. The molecule has 0 aromatic heterocycles. The van der Waals surface area contributed by atoms with Gasteiger partial charge >= 0.3 is 0 Å². The van der Waals surface area contributed by atoms with E-state index in [-0.39, 0.29) is 11.8 Å². The summed E-state index contributed by atoms with van der Waals surface area (Å²) in [6, 6.07) is -0.106. The quantitative estimate of drug-likeness (QED) is 0.861. The van der Waals surface area contributed by atoms with E-state index in [1.165, 1.54) is 6.08 Å². The maximum absolute atomic E-state index is 11.7. The van der Waals surface area contributed by atoms with E-state index in [0.29, 0.717) is 4.91 Å². The van der Waals surface area contributed by atoms with Gasteiger partial charge in [-0.3, -0.25) is 0 Å². The standard InChI is InChI=1S/C11H17NO2S.2C2H6/c1-4-6-7-9-10(12-3)8-15(13,14)11(9)5-2;2*1-2/h5-7,10,12H,2,4,8H2,1,3H3;2*1-2H3/b7-6-;;. The molecule has 1 unspecified atom stereocenters. The summed E-state index contributed by atoms with van der Waals surface area (Å²) >= 11 is 0. The molecule has 1 heterocycles. The van der Waals surface area contributed by atoms with Gasteiger partial charge in [-0.2, -0.15) is 0 Å². The predicted molar refractivity (Wildman–Crippen MR) is 86.0 cm³/mol. The lowest BCUT2D eigenvalue weighted by Crippen LogP contribution is -2.28. The first-order valence-electron chi connectivity index (χ1n) is 7.00. The first-order valence-corrected chi connectivity index (χ1v) is 8.65. The summed E-state index contributed by atoms with van der Waals surface area (Å²) in [5.74, 6) is 0.133. The zero-order chi connectivity index (χ0) is 15.5. The summed E-state index contributed by atoms with van der Waals surface area (Å²) in [5.41, 5.74) is 0.828. The SMILES string of the molecule is C=CC1=C(/C=C\CC)C(NC)CS1(=O)=O.CC.CC. The Hall–Kier alpha value is -0.870. The van der Waals surface area contributed by atoms with Crippen molar-refractivity contribution in [1.29, 1.82) is 0 Å². The number of likely N-dealkylation sites (N-methyl/N-ethyl adjacent to an activating group) is 1. The Morgan fingerprint density at radius 1 is 1.32 bits per heavy atom. The Balaban J connectivity index is 0. The van der Waals surface area contributed by atoms with Crippen LogP contribution in [0.4, 0.5) is 0 Å². The second-order valence-corrected chi connectivity index (χ2v) is 5.46. The van der Waals surface area contributed by atoms with Crippen LogP contribution in [0.3, 0.4) is 0 Å². The maximum atomic E-state index is 11.7. The normalized spacial score (nSPS) is 20.4. The number of nitrogens with one attached hydrogen (secondary N) is 1. The van der Waals surface area contributed by atoms with E-state index in [1.54, 1.807) is 7.05 Å². The van der Waals surface area contributed by atoms with Crippen LogP contribution in [0.25, 0.3) is 0 Å². The lowest BCUT2D eigenvalue weighted by molar-refractivity contribution is 0.598. The van der Waals surface area contributed by atoms with Gasteiger partial charge in [0.25, 0.3) is 0 Å². The summed E-state index contributed by atoms with van der Waals surface area (Å²) in [7, 11) is -1.36. The third-order valence-corrected chi connectivity index (χ3v) is 4.29. The third-order valence-electron chi connectivity index (χ3n) is 2.45. The third kappa shape index (κ3) is 5.74. The van der Waals surface area contributed by atoms with Crippen LogP contribution in [0.1, 0.15) is 41.0 Å². The van der Waals surface area contributed by atoms with Crippen molar-refractivity contribution in [3.05, 3.63) is 35.3 Å². The largest absolute Gasteiger partial charge is 0.312 e. The smallest absolute Gasteiger partial charge is 0.180 e. The highest BCUT2D eigenvalue weighted by molar-refractivity contribution is 7.95. The highest BCUT2D eigenvalue weighted by atomic mass is 32.2. The van der Waals surface area contributed by atoms with Crippen molar-refractivity contribution in [2.24, 2.45) is 0 Å². The first-order chi connectivity index (χ1) is 9.06. The molecule has 1 aliphatic heterocycles. The molecule has 0 bridgehead atoms. The minimum absolute atomic E-state index is 0.106. The van der Waals surface area contributed by atoms with Crippen molar-refractivity contribution >= 4 is 9.84 Å². The summed E-state index contributed by atoms with van der Waals surface area (Å²) in [6.45, 7) is 13.6. The second-order valence-electron chi connectivity index (χ2n) is 3.46. The van der Waals surface area contributed by atoms with Crippen LogP contribution in [0.5, 0.6) is 0 Å². The monoisotopic (exact) mass is 287 g/mol. The van der Waals surface area contributed by atoms with Crippen LogP contribution in [-0.4, -0.2) is 27.3 Å². The fourth-order valence-electron chi connectivity index (χ4n) is 1.68. The molecule has 112 valence electrons. The predicted octanol–water partition coefficient (Wildman–Crippen LogP) is 3.46. The lowest BCUT2D eigenvalue weighted by atomic mass is 10.1. The Morgan fingerprint density at radius 3 is 2.21 bits per heavy atom. The molecule has 1 atom stereocenters. The molecule has 1 N–H and O–H groups in total. The average molecular weight is 287 g/mol. The molecular weight excluding hydrogens is 258 g/mol.